The van der Waals surface area contributed by atoms with Gasteiger partial charge in [0.15, 0.2) is 0 Å². The Morgan fingerprint density at radius 1 is 0.645 bits per heavy atom. The molecule has 3 aromatic rings. The predicted octanol–water partition coefficient (Wildman–Crippen LogP) is 4.85. The van der Waals surface area contributed by atoms with Crippen molar-refractivity contribution in [1.82, 2.24) is 0 Å². The highest BCUT2D eigenvalue weighted by molar-refractivity contribution is 7.96. The molecule has 0 spiro atoms. The Labute approximate surface area is 187 Å². The van der Waals surface area contributed by atoms with Crippen LogP contribution in [0.2, 0.25) is 0 Å². The molecule has 0 atom stereocenters. The average molecular weight is 433 g/mol. The molecule has 162 valence electrons. The zero-order valence-electron chi connectivity index (χ0n) is 18.5. The lowest BCUT2D eigenvalue weighted by molar-refractivity contribution is -0.302. The summed E-state index contributed by atoms with van der Waals surface area (Å²) < 4.78 is 0. The molecule has 0 N–H and O–H groups in total. The van der Waals surface area contributed by atoms with E-state index in [9.17, 15) is 0 Å². The summed E-state index contributed by atoms with van der Waals surface area (Å²) in [7, 11) is -1.68. The standard InChI is InChI=1S/C26H30P.C2H4O2/c1-2-7-15-23(16-8-3-1)27(24-17-9-4-10-18-24,25-19-11-5-12-20-25)26-21-13-6-14-22-26;1-2(3)4/h4-6,9-14,17-23H,1-3,7-8,15-16H2;1H3,(H,3,4)/q+1;/p-1. The summed E-state index contributed by atoms with van der Waals surface area (Å²) in [5.74, 6) is -1.08. The number of carbonyl (C=O) groups is 1. The third-order valence-electron chi connectivity index (χ3n) is 6.11. The number of carbonyl (C=O) groups excluding carboxylic acids is 1. The highest BCUT2D eigenvalue weighted by Crippen LogP contribution is 2.62. The molecule has 0 bridgehead atoms. The maximum atomic E-state index is 8.89. The van der Waals surface area contributed by atoms with E-state index in [-0.39, 0.29) is 0 Å². The lowest BCUT2D eigenvalue weighted by Crippen LogP contribution is -2.39. The van der Waals surface area contributed by atoms with Crippen molar-refractivity contribution in [2.24, 2.45) is 0 Å². The molecule has 0 aliphatic heterocycles. The van der Waals surface area contributed by atoms with E-state index in [4.69, 9.17) is 9.90 Å². The molecule has 1 saturated carbocycles. The minimum atomic E-state index is -1.68. The first-order valence-corrected chi connectivity index (χ1v) is 13.2. The number of aliphatic carboxylic acids is 1. The van der Waals surface area contributed by atoms with Crippen LogP contribution in [0.4, 0.5) is 0 Å². The Balaban J connectivity index is 0.000000628. The van der Waals surface area contributed by atoms with E-state index in [0.717, 1.165) is 12.6 Å². The van der Waals surface area contributed by atoms with E-state index in [0.29, 0.717) is 0 Å². The van der Waals surface area contributed by atoms with Crippen LogP contribution in [0.1, 0.15) is 51.9 Å². The largest absolute Gasteiger partial charge is 0.550 e. The van der Waals surface area contributed by atoms with Crippen LogP contribution in [-0.2, 0) is 4.79 Å². The minimum absolute atomic E-state index is 0.741. The molecule has 3 heteroatoms. The second kappa shape index (κ2) is 11.8. The van der Waals surface area contributed by atoms with Gasteiger partial charge in [0.05, 0.1) is 5.66 Å². The molecule has 2 nitrogen and oxygen atoms in total. The Kier molecular flexibility index (Phi) is 8.85. The van der Waals surface area contributed by atoms with Gasteiger partial charge in [-0.15, -0.1) is 0 Å². The summed E-state index contributed by atoms with van der Waals surface area (Å²) >= 11 is 0. The topological polar surface area (TPSA) is 40.1 Å². The van der Waals surface area contributed by atoms with Crippen molar-refractivity contribution in [2.45, 2.75) is 57.5 Å². The average Bonchev–Trinajstić information content (AvgIpc) is 2.77. The second-order valence-electron chi connectivity index (χ2n) is 8.22. The zero-order valence-corrected chi connectivity index (χ0v) is 19.3. The number of carboxylic acids is 1. The smallest absolute Gasteiger partial charge is 0.115 e. The number of carboxylic acid groups (broad SMARTS) is 1. The molecule has 1 fully saturated rings. The van der Waals surface area contributed by atoms with Crippen molar-refractivity contribution in [3.8, 4) is 0 Å². The molecule has 1 aliphatic carbocycles. The van der Waals surface area contributed by atoms with Crippen LogP contribution < -0.4 is 21.0 Å². The van der Waals surface area contributed by atoms with Gasteiger partial charge in [-0.05, 0) is 69.0 Å². The summed E-state index contributed by atoms with van der Waals surface area (Å²) in [6, 6.07) is 34.3. The van der Waals surface area contributed by atoms with E-state index < -0.39 is 13.2 Å². The molecule has 0 amide bonds. The van der Waals surface area contributed by atoms with Gasteiger partial charge in [0.25, 0.3) is 0 Å². The summed E-state index contributed by atoms with van der Waals surface area (Å²) in [6.07, 6.45) is 9.67. The summed E-state index contributed by atoms with van der Waals surface area (Å²) in [6.45, 7) is 0.972. The quantitative estimate of drug-likeness (QED) is 0.553. The molecule has 0 radical (unpaired) electrons. The van der Waals surface area contributed by atoms with Crippen LogP contribution >= 0.6 is 7.26 Å². The van der Waals surface area contributed by atoms with Gasteiger partial charge >= 0.3 is 0 Å². The first-order chi connectivity index (χ1) is 15.2. The normalized spacial score (nSPS) is 15.1. The highest BCUT2D eigenvalue weighted by atomic mass is 31.2. The van der Waals surface area contributed by atoms with Crippen LogP contribution in [-0.4, -0.2) is 11.6 Å². The fraction of sp³-hybridized carbons (Fsp3) is 0.321. The molecular weight excluding hydrogens is 399 g/mol. The number of rotatable bonds is 4. The van der Waals surface area contributed by atoms with Gasteiger partial charge in [-0.3, -0.25) is 0 Å². The molecule has 0 saturated heterocycles. The zero-order chi connectivity index (χ0) is 21.9. The number of hydrogen-bond acceptors (Lipinski definition) is 2. The summed E-state index contributed by atoms with van der Waals surface area (Å²) in [5.41, 5.74) is 0.741. The van der Waals surface area contributed by atoms with Gasteiger partial charge in [0.2, 0.25) is 0 Å². The van der Waals surface area contributed by atoms with E-state index in [1.165, 1.54) is 44.9 Å². The van der Waals surface area contributed by atoms with E-state index in [1.54, 1.807) is 15.9 Å². The van der Waals surface area contributed by atoms with Crippen LogP contribution in [0.3, 0.4) is 0 Å². The molecule has 0 unspecified atom stereocenters. The molecule has 4 rings (SSSR count). The van der Waals surface area contributed by atoms with Gasteiger partial charge in [-0.2, -0.15) is 0 Å². The lowest BCUT2D eigenvalue weighted by atomic mass is 10.0. The van der Waals surface area contributed by atoms with Crippen molar-refractivity contribution in [1.29, 1.82) is 0 Å². The van der Waals surface area contributed by atoms with Crippen LogP contribution in [0.15, 0.2) is 91.0 Å². The van der Waals surface area contributed by atoms with Crippen molar-refractivity contribution >= 4 is 29.1 Å². The third-order valence-corrected chi connectivity index (χ3v) is 11.1. The lowest BCUT2D eigenvalue weighted by Gasteiger charge is -2.35. The molecule has 0 heterocycles. The third kappa shape index (κ3) is 5.83. The van der Waals surface area contributed by atoms with Gasteiger partial charge in [0, 0.05) is 5.97 Å². The van der Waals surface area contributed by atoms with E-state index >= 15 is 0 Å². The first-order valence-electron chi connectivity index (χ1n) is 11.4. The summed E-state index contributed by atoms with van der Waals surface area (Å²) in [5, 5.41) is 13.5. The van der Waals surface area contributed by atoms with Crippen molar-refractivity contribution < 1.29 is 9.90 Å². The monoisotopic (exact) mass is 432 g/mol. The maximum Gasteiger partial charge on any atom is 0.115 e. The molecular formula is C28H33O2P. The second-order valence-corrected chi connectivity index (χ2v) is 11.9. The SMILES string of the molecule is CC(=O)[O-].c1ccc([P+](c2ccccc2)(c2ccccc2)C2CCCCCCC2)cc1. The molecule has 31 heavy (non-hydrogen) atoms. The number of benzene rings is 3. The Morgan fingerprint density at radius 2 is 0.935 bits per heavy atom. The molecule has 1 aliphatic rings. The predicted molar refractivity (Wildman–Crippen MR) is 132 cm³/mol. The van der Waals surface area contributed by atoms with Crippen molar-refractivity contribution in [3.05, 3.63) is 91.0 Å². The fourth-order valence-electron chi connectivity index (χ4n) is 4.89. The Hall–Kier alpha value is -2.44. The van der Waals surface area contributed by atoms with Gasteiger partial charge < -0.3 is 9.90 Å². The fourth-order valence-corrected chi connectivity index (χ4v) is 10.1. The highest BCUT2D eigenvalue weighted by Gasteiger charge is 2.51. The Bertz CT molecular complexity index is 801. The summed E-state index contributed by atoms with van der Waals surface area (Å²) in [4.78, 5) is 8.89. The van der Waals surface area contributed by atoms with Gasteiger partial charge in [0.1, 0.15) is 23.2 Å². The van der Waals surface area contributed by atoms with E-state index in [2.05, 4.69) is 91.0 Å². The van der Waals surface area contributed by atoms with E-state index in [1.807, 2.05) is 0 Å². The van der Waals surface area contributed by atoms with Crippen LogP contribution in [0.25, 0.3) is 0 Å². The molecule has 0 aromatic heterocycles. The maximum absolute atomic E-state index is 8.89. The Morgan fingerprint density at radius 3 is 1.26 bits per heavy atom. The van der Waals surface area contributed by atoms with Crippen LogP contribution in [0.5, 0.6) is 0 Å². The van der Waals surface area contributed by atoms with Crippen LogP contribution in [0, 0.1) is 0 Å². The van der Waals surface area contributed by atoms with Crippen molar-refractivity contribution in [3.63, 3.8) is 0 Å². The van der Waals surface area contributed by atoms with Crippen molar-refractivity contribution in [2.75, 3.05) is 0 Å². The van der Waals surface area contributed by atoms with Gasteiger partial charge in [-0.25, -0.2) is 0 Å². The van der Waals surface area contributed by atoms with Gasteiger partial charge in [-0.1, -0.05) is 73.9 Å². The number of hydrogen-bond donors (Lipinski definition) is 0. The first kappa shape index (κ1) is 23.2. The minimum Gasteiger partial charge on any atom is -0.550 e. The molecule has 3 aromatic carbocycles.